The molecule has 4 bridgehead atoms. The maximum atomic E-state index is 13.5. The van der Waals surface area contributed by atoms with E-state index in [0.29, 0.717) is 32.1 Å². The van der Waals surface area contributed by atoms with Gasteiger partial charge in [-0.2, -0.15) is 0 Å². The number of aryl methyl sites for hydroxylation is 1. The molecule has 5 aliphatic rings. The molecule has 1 saturated heterocycles. The standard InChI is InChI=1S/C25H34N2O3/c1-2-21-5-3-4-6-22(21)30-17-23(28)26-7-9-27(10-8-26)24(29)25-14-18-11-19(15-25)13-20(12-18)16-25/h3-6,18-20H,2,7-17H2,1H3. The van der Waals surface area contributed by atoms with Gasteiger partial charge in [0.15, 0.2) is 6.61 Å². The zero-order valence-electron chi connectivity index (χ0n) is 18.1. The van der Waals surface area contributed by atoms with E-state index < -0.39 is 0 Å². The number of amides is 2. The van der Waals surface area contributed by atoms with Crippen LogP contribution in [0.1, 0.15) is 51.0 Å². The van der Waals surface area contributed by atoms with Gasteiger partial charge in [0.2, 0.25) is 5.91 Å². The summed E-state index contributed by atoms with van der Waals surface area (Å²) in [4.78, 5) is 30.1. The zero-order valence-corrected chi connectivity index (χ0v) is 18.1. The van der Waals surface area contributed by atoms with E-state index in [4.69, 9.17) is 4.74 Å². The highest BCUT2D eigenvalue weighted by atomic mass is 16.5. The van der Waals surface area contributed by atoms with Crippen LogP contribution in [0.15, 0.2) is 24.3 Å². The van der Waals surface area contributed by atoms with Gasteiger partial charge in [-0.3, -0.25) is 9.59 Å². The van der Waals surface area contributed by atoms with Gasteiger partial charge in [0.05, 0.1) is 5.41 Å². The van der Waals surface area contributed by atoms with Crippen molar-refractivity contribution in [3.05, 3.63) is 29.8 Å². The number of piperazine rings is 1. The minimum atomic E-state index is -0.0755. The van der Waals surface area contributed by atoms with Crippen LogP contribution in [-0.2, 0) is 16.0 Å². The van der Waals surface area contributed by atoms with Crippen LogP contribution < -0.4 is 4.74 Å². The van der Waals surface area contributed by atoms with Crippen molar-refractivity contribution in [1.82, 2.24) is 9.80 Å². The van der Waals surface area contributed by atoms with Crippen molar-refractivity contribution in [2.24, 2.45) is 23.2 Å². The van der Waals surface area contributed by atoms with Crippen LogP contribution >= 0.6 is 0 Å². The topological polar surface area (TPSA) is 49.9 Å². The molecule has 2 amide bonds. The van der Waals surface area contributed by atoms with Gasteiger partial charge < -0.3 is 14.5 Å². The van der Waals surface area contributed by atoms with E-state index in [0.717, 1.165) is 54.7 Å². The lowest BCUT2D eigenvalue weighted by Crippen LogP contribution is -2.58. The molecular weight excluding hydrogens is 376 g/mol. The Hall–Kier alpha value is -2.04. The Bertz CT molecular complexity index is 777. The molecule has 5 nitrogen and oxygen atoms in total. The molecule has 0 atom stereocenters. The van der Waals surface area contributed by atoms with Gasteiger partial charge in [0.1, 0.15) is 5.75 Å². The van der Waals surface area contributed by atoms with Crippen molar-refractivity contribution < 1.29 is 14.3 Å². The summed E-state index contributed by atoms with van der Waals surface area (Å²) >= 11 is 0. The number of ether oxygens (including phenoxy) is 1. The van der Waals surface area contributed by atoms with Gasteiger partial charge >= 0.3 is 0 Å². The fourth-order valence-electron chi connectivity index (χ4n) is 7.03. The predicted molar refractivity (Wildman–Crippen MR) is 115 cm³/mol. The Labute approximate surface area is 179 Å². The number of benzene rings is 1. The fraction of sp³-hybridized carbons (Fsp3) is 0.680. The summed E-state index contributed by atoms with van der Waals surface area (Å²) in [6.45, 7) is 4.73. The highest BCUT2D eigenvalue weighted by Crippen LogP contribution is 2.60. The van der Waals surface area contributed by atoms with E-state index in [1.54, 1.807) is 0 Å². The molecule has 1 aromatic rings. The van der Waals surface area contributed by atoms with Crippen LogP contribution in [-0.4, -0.2) is 54.4 Å². The molecule has 30 heavy (non-hydrogen) atoms. The molecule has 162 valence electrons. The van der Waals surface area contributed by atoms with Crippen molar-refractivity contribution in [1.29, 1.82) is 0 Å². The number of carbonyl (C=O) groups excluding carboxylic acids is 2. The molecule has 5 heteroatoms. The number of rotatable bonds is 5. The predicted octanol–water partition coefficient (Wildman–Crippen LogP) is 3.52. The summed E-state index contributed by atoms with van der Waals surface area (Å²) < 4.78 is 5.81. The van der Waals surface area contributed by atoms with E-state index in [1.807, 2.05) is 29.2 Å². The van der Waals surface area contributed by atoms with Gasteiger partial charge in [-0.15, -0.1) is 0 Å². The van der Waals surface area contributed by atoms with Gasteiger partial charge in [0.25, 0.3) is 5.91 Å². The Kier molecular flexibility index (Phi) is 5.24. The largest absolute Gasteiger partial charge is 0.483 e. The van der Waals surface area contributed by atoms with Crippen molar-refractivity contribution in [2.45, 2.75) is 51.9 Å². The minimum absolute atomic E-state index is 0.0165. The molecule has 1 heterocycles. The summed E-state index contributed by atoms with van der Waals surface area (Å²) in [5.74, 6) is 3.55. The first-order valence-electron chi connectivity index (χ1n) is 11.8. The van der Waals surface area contributed by atoms with Crippen LogP contribution in [0.4, 0.5) is 0 Å². The molecule has 5 fully saturated rings. The Morgan fingerprint density at radius 3 is 2.10 bits per heavy atom. The first-order chi connectivity index (χ1) is 14.6. The lowest BCUT2D eigenvalue weighted by atomic mass is 9.49. The summed E-state index contributed by atoms with van der Waals surface area (Å²) in [5, 5.41) is 0. The number of hydrogen-bond donors (Lipinski definition) is 0. The van der Waals surface area contributed by atoms with Crippen LogP contribution in [0, 0.1) is 23.2 Å². The third-order valence-electron chi connectivity index (χ3n) is 8.12. The summed E-state index contributed by atoms with van der Waals surface area (Å²) in [5.41, 5.74) is 1.05. The number of para-hydroxylation sites is 1. The van der Waals surface area contributed by atoms with Gasteiger partial charge in [0, 0.05) is 26.2 Å². The minimum Gasteiger partial charge on any atom is -0.483 e. The van der Waals surface area contributed by atoms with Gasteiger partial charge in [-0.05, 0) is 74.3 Å². The van der Waals surface area contributed by atoms with Crippen molar-refractivity contribution in [3.63, 3.8) is 0 Å². The van der Waals surface area contributed by atoms with Crippen molar-refractivity contribution >= 4 is 11.8 Å². The summed E-state index contributed by atoms with van der Waals surface area (Å²) in [7, 11) is 0. The third-order valence-corrected chi connectivity index (χ3v) is 8.12. The monoisotopic (exact) mass is 410 g/mol. The molecule has 0 radical (unpaired) electrons. The zero-order chi connectivity index (χ0) is 20.7. The highest BCUT2D eigenvalue weighted by Gasteiger charge is 2.55. The summed E-state index contributed by atoms with van der Waals surface area (Å²) in [6.07, 6.45) is 8.29. The van der Waals surface area contributed by atoms with E-state index in [-0.39, 0.29) is 17.9 Å². The maximum absolute atomic E-state index is 13.5. The average molecular weight is 411 g/mol. The van der Waals surface area contributed by atoms with Crippen molar-refractivity contribution in [3.8, 4) is 5.75 Å². The Morgan fingerprint density at radius 2 is 1.50 bits per heavy atom. The van der Waals surface area contributed by atoms with Crippen LogP contribution in [0.25, 0.3) is 0 Å². The van der Waals surface area contributed by atoms with Gasteiger partial charge in [-0.25, -0.2) is 0 Å². The maximum Gasteiger partial charge on any atom is 0.260 e. The molecule has 4 saturated carbocycles. The second-order valence-corrected chi connectivity index (χ2v) is 10.1. The first kappa shape index (κ1) is 19.9. The molecule has 0 N–H and O–H groups in total. The van der Waals surface area contributed by atoms with Crippen LogP contribution in [0.5, 0.6) is 5.75 Å². The molecule has 0 aromatic heterocycles. The Balaban J connectivity index is 1.15. The molecule has 1 aliphatic heterocycles. The first-order valence-corrected chi connectivity index (χ1v) is 11.8. The smallest absolute Gasteiger partial charge is 0.260 e. The Morgan fingerprint density at radius 1 is 0.933 bits per heavy atom. The quantitative estimate of drug-likeness (QED) is 0.746. The van der Waals surface area contributed by atoms with E-state index >= 15 is 0 Å². The molecule has 6 rings (SSSR count). The average Bonchev–Trinajstić information content (AvgIpc) is 2.76. The molecular formula is C25H34N2O3. The van der Waals surface area contributed by atoms with E-state index in [9.17, 15) is 9.59 Å². The number of nitrogens with zero attached hydrogens (tertiary/aromatic N) is 2. The normalized spacial score (nSPS) is 32.4. The molecule has 0 unspecified atom stereocenters. The fourth-order valence-corrected chi connectivity index (χ4v) is 7.03. The van der Waals surface area contributed by atoms with E-state index in [1.165, 1.54) is 19.3 Å². The van der Waals surface area contributed by atoms with E-state index in [2.05, 4.69) is 11.8 Å². The lowest BCUT2D eigenvalue weighted by molar-refractivity contribution is -0.160. The summed E-state index contributed by atoms with van der Waals surface area (Å²) in [6, 6.07) is 7.89. The molecule has 4 aliphatic carbocycles. The van der Waals surface area contributed by atoms with Crippen LogP contribution in [0.3, 0.4) is 0 Å². The van der Waals surface area contributed by atoms with Crippen LogP contribution in [0.2, 0.25) is 0 Å². The molecule has 1 aromatic carbocycles. The SMILES string of the molecule is CCc1ccccc1OCC(=O)N1CCN(C(=O)C23CC4CC(CC(C4)C2)C3)CC1. The number of hydrogen-bond acceptors (Lipinski definition) is 3. The third kappa shape index (κ3) is 3.61. The second kappa shape index (κ2) is 7.90. The second-order valence-electron chi connectivity index (χ2n) is 10.1. The van der Waals surface area contributed by atoms with Gasteiger partial charge in [-0.1, -0.05) is 25.1 Å². The molecule has 0 spiro atoms. The van der Waals surface area contributed by atoms with Crippen molar-refractivity contribution in [2.75, 3.05) is 32.8 Å². The lowest BCUT2D eigenvalue weighted by Gasteiger charge is -2.57. The highest BCUT2D eigenvalue weighted by molar-refractivity contribution is 5.84. The number of carbonyl (C=O) groups is 2.